The quantitative estimate of drug-likeness (QED) is 0.272. The number of rotatable bonds is 12. The van der Waals surface area contributed by atoms with E-state index in [0.717, 1.165) is 44.9 Å². The SMILES string of the molecule is COC1=C(C)C(=O)O/C1=C\[C@@H](C)CCC/C(C)=C\CC/C(C)=C/CCc1ccoc1. The van der Waals surface area contributed by atoms with E-state index in [-0.39, 0.29) is 5.97 Å². The lowest BCUT2D eigenvalue weighted by molar-refractivity contribution is -0.133. The van der Waals surface area contributed by atoms with Crippen LogP contribution >= 0.6 is 0 Å². The summed E-state index contributed by atoms with van der Waals surface area (Å²) in [6, 6.07) is 2.03. The molecule has 1 aromatic heterocycles. The van der Waals surface area contributed by atoms with Gasteiger partial charge in [0.25, 0.3) is 0 Å². The highest BCUT2D eigenvalue weighted by Gasteiger charge is 2.27. The molecule has 0 fully saturated rings. The first-order valence-electron chi connectivity index (χ1n) is 10.9. The fourth-order valence-electron chi connectivity index (χ4n) is 3.58. The molecule has 2 heterocycles. The number of methoxy groups -OCH3 is 1. The van der Waals surface area contributed by atoms with Crippen LogP contribution in [0.4, 0.5) is 0 Å². The Labute approximate surface area is 181 Å². The first-order valence-corrected chi connectivity index (χ1v) is 10.9. The monoisotopic (exact) mass is 412 g/mol. The summed E-state index contributed by atoms with van der Waals surface area (Å²) >= 11 is 0. The molecule has 0 unspecified atom stereocenters. The smallest absolute Gasteiger partial charge is 0.343 e. The Morgan fingerprint density at radius 3 is 2.60 bits per heavy atom. The van der Waals surface area contributed by atoms with Crippen LogP contribution in [0.5, 0.6) is 0 Å². The van der Waals surface area contributed by atoms with E-state index in [2.05, 4.69) is 32.9 Å². The zero-order chi connectivity index (χ0) is 21.9. The van der Waals surface area contributed by atoms with E-state index in [9.17, 15) is 4.79 Å². The molecule has 1 aliphatic heterocycles. The van der Waals surface area contributed by atoms with E-state index in [0.29, 0.717) is 23.0 Å². The van der Waals surface area contributed by atoms with Gasteiger partial charge in [0.05, 0.1) is 25.2 Å². The molecule has 164 valence electrons. The average Bonchev–Trinajstić information content (AvgIpc) is 3.30. The largest absolute Gasteiger partial charge is 0.492 e. The molecule has 0 spiro atoms. The molecule has 1 atom stereocenters. The van der Waals surface area contributed by atoms with Gasteiger partial charge in [0.2, 0.25) is 0 Å². The Bertz CT molecular complexity index is 806. The van der Waals surface area contributed by atoms with Crippen LogP contribution < -0.4 is 0 Å². The van der Waals surface area contributed by atoms with Crippen LogP contribution in [0, 0.1) is 5.92 Å². The van der Waals surface area contributed by atoms with Gasteiger partial charge in [-0.15, -0.1) is 0 Å². The van der Waals surface area contributed by atoms with Crippen molar-refractivity contribution in [2.45, 2.75) is 72.6 Å². The number of aryl methyl sites for hydroxylation is 1. The molecule has 4 heteroatoms. The van der Waals surface area contributed by atoms with Crippen LogP contribution in [-0.2, 0) is 20.7 Å². The lowest BCUT2D eigenvalue weighted by Gasteiger charge is -2.09. The summed E-state index contributed by atoms with van der Waals surface area (Å²) in [5.74, 6) is 1.15. The zero-order valence-corrected chi connectivity index (χ0v) is 19.1. The second-order valence-corrected chi connectivity index (χ2v) is 8.26. The predicted octanol–water partition coefficient (Wildman–Crippen LogP) is 7.05. The summed E-state index contributed by atoms with van der Waals surface area (Å²) in [4.78, 5) is 11.7. The minimum Gasteiger partial charge on any atom is -0.492 e. The summed E-state index contributed by atoms with van der Waals surface area (Å²) in [6.07, 6.45) is 17.8. The maximum Gasteiger partial charge on any atom is 0.343 e. The van der Waals surface area contributed by atoms with Gasteiger partial charge in [-0.3, -0.25) is 0 Å². The molecule has 30 heavy (non-hydrogen) atoms. The molecule has 2 rings (SSSR count). The number of carbonyl (C=O) groups excluding carboxylic acids is 1. The summed E-state index contributed by atoms with van der Waals surface area (Å²) in [7, 11) is 1.57. The standard InChI is InChI=1S/C26H36O4/c1-19(9-6-10-20(2)12-8-14-23-15-16-29-18-23)11-7-13-21(3)17-24-25(28-5)22(4)26(27)30-24/h9,12,15-18,21H,6-8,10-11,13-14H2,1-5H3/b19-9-,20-12+,24-17-/t21-/m0/s1. The molecule has 1 aliphatic rings. The van der Waals surface area contributed by atoms with E-state index in [1.54, 1.807) is 20.3 Å². The van der Waals surface area contributed by atoms with Crippen LogP contribution in [0.3, 0.4) is 0 Å². The Hall–Kier alpha value is -2.49. The third-order valence-electron chi connectivity index (χ3n) is 5.48. The van der Waals surface area contributed by atoms with Crippen LogP contribution in [-0.4, -0.2) is 13.1 Å². The van der Waals surface area contributed by atoms with Crippen LogP contribution in [0.1, 0.15) is 71.8 Å². The minimum atomic E-state index is -0.310. The van der Waals surface area contributed by atoms with Crippen molar-refractivity contribution in [3.8, 4) is 0 Å². The number of carbonyl (C=O) groups is 1. The number of ether oxygens (including phenoxy) is 2. The van der Waals surface area contributed by atoms with E-state index in [1.807, 2.05) is 18.4 Å². The highest BCUT2D eigenvalue weighted by Crippen LogP contribution is 2.28. The maximum absolute atomic E-state index is 11.7. The Kier molecular flexibility index (Phi) is 9.72. The van der Waals surface area contributed by atoms with E-state index in [1.165, 1.54) is 16.7 Å². The zero-order valence-electron chi connectivity index (χ0n) is 19.1. The van der Waals surface area contributed by atoms with Crippen LogP contribution in [0.25, 0.3) is 0 Å². The summed E-state index contributed by atoms with van der Waals surface area (Å²) in [5, 5.41) is 0. The normalized spacial score (nSPS) is 17.6. The third kappa shape index (κ3) is 7.74. The molecule has 0 saturated carbocycles. The number of allylic oxidation sites excluding steroid dienone is 5. The van der Waals surface area contributed by atoms with Gasteiger partial charge in [0.1, 0.15) is 0 Å². The Morgan fingerprint density at radius 2 is 1.90 bits per heavy atom. The highest BCUT2D eigenvalue weighted by atomic mass is 16.6. The molecular weight excluding hydrogens is 376 g/mol. The van der Waals surface area contributed by atoms with Gasteiger partial charge in [-0.25, -0.2) is 4.79 Å². The number of furan rings is 1. The molecule has 4 nitrogen and oxygen atoms in total. The second kappa shape index (κ2) is 12.3. The molecule has 1 aromatic rings. The molecule has 0 amide bonds. The fourth-order valence-corrected chi connectivity index (χ4v) is 3.58. The summed E-state index contributed by atoms with van der Waals surface area (Å²) in [6.45, 7) is 8.32. The van der Waals surface area contributed by atoms with Crippen molar-refractivity contribution >= 4 is 5.97 Å². The fraction of sp³-hybridized carbons (Fsp3) is 0.500. The van der Waals surface area contributed by atoms with Gasteiger partial charge < -0.3 is 13.9 Å². The first kappa shape index (κ1) is 23.8. The second-order valence-electron chi connectivity index (χ2n) is 8.26. The van der Waals surface area contributed by atoms with Crippen molar-refractivity contribution in [2.75, 3.05) is 7.11 Å². The van der Waals surface area contributed by atoms with E-state index < -0.39 is 0 Å². The molecule has 0 radical (unpaired) electrons. The molecular formula is C26H36O4. The minimum absolute atomic E-state index is 0.310. The van der Waals surface area contributed by atoms with Gasteiger partial charge in [0, 0.05) is 0 Å². The molecule has 0 saturated heterocycles. The Morgan fingerprint density at radius 1 is 1.17 bits per heavy atom. The highest BCUT2D eigenvalue weighted by molar-refractivity contribution is 5.93. The Balaban J connectivity index is 1.66. The van der Waals surface area contributed by atoms with E-state index in [4.69, 9.17) is 13.9 Å². The van der Waals surface area contributed by atoms with Crippen LogP contribution in [0.2, 0.25) is 0 Å². The molecule has 0 bridgehead atoms. The first-order chi connectivity index (χ1) is 14.4. The summed E-state index contributed by atoms with van der Waals surface area (Å²) in [5.41, 5.74) is 4.70. The number of cyclic esters (lactones) is 1. The third-order valence-corrected chi connectivity index (χ3v) is 5.48. The predicted molar refractivity (Wildman–Crippen MR) is 121 cm³/mol. The molecule has 0 N–H and O–H groups in total. The van der Waals surface area contributed by atoms with Crippen molar-refractivity contribution in [1.29, 1.82) is 0 Å². The van der Waals surface area contributed by atoms with Crippen LogP contribution in [0.15, 0.2) is 69.5 Å². The summed E-state index contributed by atoms with van der Waals surface area (Å²) < 4.78 is 15.7. The topological polar surface area (TPSA) is 48.7 Å². The number of hydrogen-bond donors (Lipinski definition) is 0. The average molecular weight is 413 g/mol. The number of esters is 1. The molecule has 0 aliphatic carbocycles. The van der Waals surface area contributed by atoms with Crippen molar-refractivity contribution < 1.29 is 18.7 Å². The van der Waals surface area contributed by atoms with Gasteiger partial charge in [-0.2, -0.15) is 0 Å². The lowest BCUT2D eigenvalue weighted by atomic mass is 9.99. The van der Waals surface area contributed by atoms with Crippen molar-refractivity contribution in [1.82, 2.24) is 0 Å². The van der Waals surface area contributed by atoms with Crippen molar-refractivity contribution in [2.24, 2.45) is 5.92 Å². The maximum atomic E-state index is 11.7. The lowest BCUT2D eigenvalue weighted by Crippen LogP contribution is -1.98. The molecule has 0 aromatic carbocycles. The van der Waals surface area contributed by atoms with Gasteiger partial charge >= 0.3 is 5.97 Å². The number of hydrogen-bond acceptors (Lipinski definition) is 4. The van der Waals surface area contributed by atoms with Gasteiger partial charge in [-0.1, -0.05) is 30.2 Å². The van der Waals surface area contributed by atoms with Gasteiger partial charge in [0.15, 0.2) is 11.5 Å². The van der Waals surface area contributed by atoms with Crippen molar-refractivity contribution in [3.05, 3.63) is 70.6 Å². The van der Waals surface area contributed by atoms with Gasteiger partial charge in [-0.05, 0) is 89.3 Å². The van der Waals surface area contributed by atoms with E-state index >= 15 is 0 Å². The van der Waals surface area contributed by atoms with Crippen molar-refractivity contribution in [3.63, 3.8) is 0 Å².